The molecule has 0 spiro atoms. The summed E-state index contributed by atoms with van der Waals surface area (Å²) >= 11 is 0. The van der Waals surface area contributed by atoms with Crippen molar-refractivity contribution in [3.05, 3.63) is 90.1 Å². The summed E-state index contributed by atoms with van der Waals surface area (Å²) in [5, 5.41) is 34.2. The SMILES string of the molecule is CCCC[C@H](NC(=O)[C@H](CO)NC(C)=O)C(=O)N[C@H]1CC(=O)NCCCC[C@@H](C(N)=O)NC(=O)[C@H](Cc2c[nH]c3ccccc23)NC(=O)[C@H](CCCN=C(N)N)NC(=O)[C@@H](Cc2ccccc2)NC(=O)[C@H](Cc2cnc[nH]2)NC1=O. The topological polar surface area (TPSA) is 434 Å². The number of fused-ring (bicyclic) bond motifs is 1. The molecule has 18 N–H and O–H groups in total. The fraction of sp³-hybridized carbons (Fsp3) is 0.472. The standard InChI is InChI=1S/C53H74N16O11/c1-3-4-16-37(65-52(80)43(28-70)62-30(2)71)46(74)69-42-25-44(72)58-20-11-10-18-36(45(54)73)63-49(77)40(23-32-26-60-35-17-9-8-15-34(32)35)67-47(75)38(19-12-21-59-53(55)56)64-48(76)39(22-31-13-6-5-7-14-31)66-50(78)41(68-51(42)79)24-33-27-57-29-61-33/h5-9,13-15,17,26-27,29,36-43,60,70H,3-4,10-12,16,18-25,28H2,1-2H3,(H2,54,73)(H,57,61)(H,58,72)(H,62,71)(H,63,77)(H,64,76)(H,65,80)(H,66,78)(H,67,75)(H,68,79)(H,69,74)(H4,55,56,59)/t36-,37-,38-,39+,40-,41-,42-,43-/m0/s1. The van der Waals surface area contributed by atoms with E-state index in [-0.39, 0.29) is 76.8 Å². The van der Waals surface area contributed by atoms with Gasteiger partial charge in [0.05, 0.1) is 19.4 Å². The number of hydrogen-bond donors (Lipinski definition) is 15. The average Bonchev–Trinajstić information content (AvgIpc) is 4.14. The highest BCUT2D eigenvalue weighted by molar-refractivity contribution is 5.99. The minimum atomic E-state index is -1.71. The Morgan fingerprint density at radius 2 is 1.39 bits per heavy atom. The lowest BCUT2D eigenvalue weighted by Crippen LogP contribution is -2.61. The monoisotopic (exact) mass is 1110 g/mol. The minimum absolute atomic E-state index is 0.000747. The first-order valence-corrected chi connectivity index (χ1v) is 26.5. The maximum atomic E-state index is 14.8. The molecule has 1 aliphatic heterocycles. The zero-order valence-electron chi connectivity index (χ0n) is 44.8. The number of aliphatic hydroxyl groups is 1. The smallest absolute Gasteiger partial charge is 0.245 e. The summed E-state index contributed by atoms with van der Waals surface area (Å²) < 4.78 is 0. The zero-order chi connectivity index (χ0) is 58.1. The third-order valence-electron chi connectivity index (χ3n) is 13.1. The van der Waals surface area contributed by atoms with E-state index in [0.29, 0.717) is 29.7 Å². The molecule has 1 aliphatic rings. The molecule has 27 nitrogen and oxygen atoms in total. The predicted octanol–water partition coefficient (Wildman–Crippen LogP) is -2.77. The molecule has 3 heterocycles. The number of nitrogens with two attached hydrogens (primary N) is 3. The number of imidazole rings is 1. The summed E-state index contributed by atoms with van der Waals surface area (Å²) in [5.41, 5.74) is 19.3. The fourth-order valence-electron chi connectivity index (χ4n) is 8.86. The zero-order valence-corrected chi connectivity index (χ0v) is 44.8. The number of nitrogens with one attached hydrogen (secondary N) is 11. The number of para-hydroxylation sites is 1. The Kier molecular flexibility index (Phi) is 24.4. The number of aromatic amines is 2. The predicted molar refractivity (Wildman–Crippen MR) is 293 cm³/mol. The van der Waals surface area contributed by atoms with E-state index in [1.54, 1.807) is 36.5 Å². The molecule has 5 rings (SSSR count). The van der Waals surface area contributed by atoms with Crippen LogP contribution in [0.4, 0.5) is 0 Å². The highest BCUT2D eigenvalue weighted by Crippen LogP contribution is 2.20. The Morgan fingerprint density at radius 3 is 2.05 bits per heavy atom. The van der Waals surface area contributed by atoms with Gasteiger partial charge in [0.1, 0.15) is 48.3 Å². The van der Waals surface area contributed by atoms with Gasteiger partial charge < -0.3 is 80.1 Å². The average molecular weight is 1110 g/mol. The number of H-pyrrole nitrogens is 2. The summed E-state index contributed by atoms with van der Waals surface area (Å²) in [5.74, 6) is -8.64. The summed E-state index contributed by atoms with van der Waals surface area (Å²) in [4.78, 5) is 153. The van der Waals surface area contributed by atoms with Crippen LogP contribution in [0.15, 0.2) is 78.3 Å². The lowest BCUT2D eigenvalue weighted by atomic mass is 10.0. The number of rotatable bonds is 20. The maximum Gasteiger partial charge on any atom is 0.245 e. The number of nitrogens with zero attached hydrogens (tertiary/aromatic N) is 2. The van der Waals surface area contributed by atoms with Crippen molar-refractivity contribution in [2.24, 2.45) is 22.2 Å². The number of aliphatic imine (C=N–C) groups is 1. The van der Waals surface area contributed by atoms with E-state index in [2.05, 4.69) is 67.8 Å². The molecule has 0 bridgehead atoms. The molecule has 27 heteroatoms. The van der Waals surface area contributed by atoms with Crippen LogP contribution in [0.5, 0.6) is 0 Å². The molecular weight excluding hydrogens is 1040 g/mol. The van der Waals surface area contributed by atoms with Crippen LogP contribution < -0.4 is 65.1 Å². The molecule has 0 aliphatic carbocycles. The second-order valence-electron chi connectivity index (χ2n) is 19.4. The van der Waals surface area contributed by atoms with Crippen LogP contribution >= 0.6 is 0 Å². The molecule has 1 saturated heterocycles. The van der Waals surface area contributed by atoms with Gasteiger partial charge in [0.25, 0.3) is 0 Å². The first kappa shape index (κ1) is 62.0. The summed E-state index contributed by atoms with van der Waals surface area (Å²) in [6, 6.07) is 4.46. The quantitative estimate of drug-likeness (QED) is 0.0242. The van der Waals surface area contributed by atoms with E-state index < -0.39 is 120 Å². The van der Waals surface area contributed by atoms with E-state index >= 15 is 0 Å². The van der Waals surface area contributed by atoms with Crippen LogP contribution in [0.25, 0.3) is 10.9 Å². The van der Waals surface area contributed by atoms with Crippen molar-refractivity contribution < 1.29 is 53.1 Å². The second-order valence-corrected chi connectivity index (χ2v) is 19.4. The Bertz CT molecular complexity index is 2790. The van der Waals surface area contributed by atoms with Crippen molar-refractivity contribution in [1.29, 1.82) is 0 Å². The molecule has 4 aromatic rings. The van der Waals surface area contributed by atoms with Crippen molar-refractivity contribution >= 4 is 75.9 Å². The van der Waals surface area contributed by atoms with Gasteiger partial charge in [-0.3, -0.25) is 52.9 Å². The molecule has 2 aromatic carbocycles. The van der Waals surface area contributed by atoms with Gasteiger partial charge in [-0.1, -0.05) is 68.3 Å². The van der Waals surface area contributed by atoms with Gasteiger partial charge in [0, 0.05) is 68.3 Å². The molecule has 0 saturated carbocycles. The number of unbranched alkanes of at least 4 members (excludes halogenated alkanes) is 1. The molecule has 432 valence electrons. The van der Waals surface area contributed by atoms with Crippen molar-refractivity contribution in [1.82, 2.24) is 62.8 Å². The van der Waals surface area contributed by atoms with Crippen molar-refractivity contribution in [3.63, 3.8) is 0 Å². The molecule has 1 fully saturated rings. The van der Waals surface area contributed by atoms with Gasteiger partial charge in [-0.2, -0.15) is 0 Å². The molecule has 0 unspecified atom stereocenters. The maximum absolute atomic E-state index is 14.8. The van der Waals surface area contributed by atoms with Crippen LogP contribution in [0.3, 0.4) is 0 Å². The van der Waals surface area contributed by atoms with Crippen LogP contribution in [-0.2, 0) is 67.2 Å². The Balaban J connectivity index is 1.55. The number of carbonyl (C=O) groups excluding carboxylic acids is 10. The van der Waals surface area contributed by atoms with Crippen molar-refractivity contribution in [3.8, 4) is 0 Å². The van der Waals surface area contributed by atoms with Crippen LogP contribution in [0, 0.1) is 0 Å². The van der Waals surface area contributed by atoms with Crippen LogP contribution in [0.1, 0.15) is 88.5 Å². The van der Waals surface area contributed by atoms with Crippen LogP contribution in [-0.4, -0.2) is 153 Å². The highest BCUT2D eigenvalue weighted by atomic mass is 16.3. The molecule has 10 amide bonds. The Morgan fingerprint density at radius 1 is 0.738 bits per heavy atom. The van der Waals surface area contributed by atoms with Crippen molar-refractivity contribution in [2.75, 3.05) is 19.7 Å². The van der Waals surface area contributed by atoms with E-state index in [4.69, 9.17) is 17.2 Å². The summed E-state index contributed by atoms with van der Waals surface area (Å²) in [6.07, 6.45) is 4.78. The van der Waals surface area contributed by atoms with Gasteiger partial charge in [-0.15, -0.1) is 0 Å². The lowest BCUT2D eigenvalue weighted by molar-refractivity contribution is -0.136. The number of carbonyl (C=O) groups is 10. The van der Waals surface area contributed by atoms with Gasteiger partial charge in [-0.25, -0.2) is 4.98 Å². The van der Waals surface area contributed by atoms with Gasteiger partial charge >= 0.3 is 0 Å². The number of aliphatic hydroxyl groups excluding tert-OH is 1. The van der Waals surface area contributed by atoms with Gasteiger partial charge in [0.2, 0.25) is 59.1 Å². The second kappa shape index (κ2) is 31.5. The summed E-state index contributed by atoms with van der Waals surface area (Å²) in [7, 11) is 0. The summed E-state index contributed by atoms with van der Waals surface area (Å²) in [6.45, 7) is 2.20. The number of aromatic nitrogens is 3. The molecule has 8 atom stereocenters. The van der Waals surface area contributed by atoms with E-state index in [1.165, 1.54) is 12.5 Å². The lowest BCUT2D eigenvalue weighted by Gasteiger charge is -2.28. The first-order valence-electron chi connectivity index (χ1n) is 26.5. The van der Waals surface area contributed by atoms with Gasteiger partial charge in [-0.05, 0) is 55.7 Å². The number of guanidine groups is 1. The van der Waals surface area contributed by atoms with E-state index in [1.807, 2.05) is 31.2 Å². The fourth-order valence-corrected chi connectivity index (χ4v) is 8.86. The van der Waals surface area contributed by atoms with Crippen LogP contribution in [0.2, 0.25) is 0 Å². The number of benzene rings is 2. The highest BCUT2D eigenvalue weighted by Gasteiger charge is 2.36. The van der Waals surface area contributed by atoms with E-state index in [0.717, 1.165) is 17.8 Å². The third kappa shape index (κ3) is 19.8. The molecule has 80 heavy (non-hydrogen) atoms. The first-order chi connectivity index (χ1) is 38.3. The van der Waals surface area contributed by atoms with Crippen molar-refractivity contribution in [2.45, 2.75) is 139 Å². The number of hydrogen-bond acceptors (Lipinski definition) is 13. The Labute approximate surface area is 461 Å². The molecule has 0 radical (unpaired) electrons. The largest absolute Gasteiger partial charge is 0.394 e. The number of amides is 10. The number of primary amides is 1. The Hall–Kier alpha value is -8.88. The third-order valence-corrected chi connectivity index (χ3v) is 13.1. The molecular formula is C53H74N16O11. The molecule has 2 aromatic heterocycles. The van der Waals surface area contributed by atoms with E-state index in [9.17, 15) is 53.1 Å². The normalized spacial score (nSPS) is 20.9. The minimum Gasteiger partial charge on any atom is -0.394 e. The van der Waals surface area contributed by atoms with Gasteiger partial charge in [0.15, 0.2) is 5.96 Å².